The zero-order chi connectivity index (χ0) is 21.4. The van der Waals surface area contributed by atoms with Gasteiger partial charge in [0.05, 0.1) is 18.4 Å². The number of methoxy groups -OCH3 is 1. The molecule has 2 aromatic carbocycles. The number of benzene rings is 2. The Morgan fingerprint density at radius 1 is 0.897 bits per heavy atom. The molecule has 0 aliphatic heterocycles. The van der Waals surface area contributed by atoms with Crippen LogP contribution in [0, 0.1) is 0 Å². The van der Waals surface area contributed by atoms with Gasteiger partial charge in [-0.3, -0.25) is 14.4 Å². The maximum absolute atomic E-state index is 12.3. The highest BCUT2D eigenvalue weighted by Crippen LogP contribution is 2.22. The predicted octanol–water partition coefficient (Wildman–Crippen LogP) is 2.81. The van der Waals surface area contributed by atoms with Crippen LogP contribution in [0.5, 0.6) is 0 Å². The molecule has 8 heteroatoms. The lowest BCUT2D eigenvalue weighted by Crippen LogP contribution is -2.33. The van der Waals surface area contributed by atoms with Crippen LogP contribution >= 0.6 is 0 Å². The van der Waals surface area contributed by atoms with Gasteiger partial charge < -0.3 is 20.3 Å². The second kappa shape index (κ2) is 10.0. The van der Waals surface area contributed by atoms with E-state index in [4.69, 9.17) is 4.74 Å². The minimum Gasteiger partial charge on any atom is -0.465 e. The highest BCUT2D eigenvalue weighted by molar-refractivity contribution is 6.02. The summed E-state index contributed by atoms with van der Waals surface area (Å²) in [6.45, 7) is 2.88. The summed E-state index contributed by atoms with van der Waals surface area (Å²) in [6.07, 6.45) is 0.0303. The molecule has 2 aromatic rings. The van der Waals surface area contributed by atoms with Crippen LogP contribution in [0.1, 0.15) is 30.6 Å². The monoisotopic (exact) mass is 397 g/mol. The highest BCUT2D eigenvalue weighted by atomic mass is 16.5. The van der Waals surface area contributed by atoms with Crippen molar-refractivity contribution in [2.45, 2.75) is 20.3 Å². The molecule has 152 valence electrons. The van der Waals surface area contributed by atoms with E-state index >= 15 is 0 Å². The number of ether oxygens (including phenoxy) is 1. The van der Waals surface area contributed by atoms with Crippen LogP contribution in [0.2, 0.25) is 0 Å². The Morgan fingerprint density at radius 2 is 1.48 bits per heavy atom. The normalized spacial score (nSPS) is 10.0. The third-order valence-corrected chi connectivity index (χ3v) is 4.03. The predicted molar refractivity (Wildman–Crippen MR) is 110 cm³/mol. The summed E-state index contributed by atoms with van der Waals surface area (Å²) in [4.78, 5) is 48.8. The number of anilines is 3. The number of rotatable bonds is 7. The lowest BCUT2D eigenvalue weighted by atomic mass is 10.1. The van der Waals surface area contributed by atoms with E-state index in [1.807, 2.05) is 0 Å². The first-order valence-electron chi connectivity index (χ1n) is 8.94. The van der Waals surface area contributed by atoms with Gasteiger partial charge in [0.2, 0.25) is 17.7 Å². The molecule has 0 spiro atoms. The molecule has 29 heavy (non-hydrogen) atoms. The second-order valence-electron chi connectivity index (χ2n) is 6.24. The number of carbonyl (C=O) groups excluding carboxylic acids is 4. The summed E-state index contributed by atoms with van der Waals surface area (Å²) in [5.41, 5.74) is 1.82. The minimum absolute atomic E-state index is 0.0303. The van der Waals surface area contributed by atoms with Crippen LogP contribution in [0.15, 0.2) is 48.5 Å². The molecule has 0 atom stereocenters. The number of hydrogen-bond donors (Lipinski definition) is 2. The SMILES string of the molecule is COC(=O)c1ccccc1N(CCC(=O)Nc1ccc(NC(C)=O)cc1)C(C)=O. The fourth-order valence-corrected chi connectivity index (χ4v) is 2.72. The van der Waals surface area contributed by atoms with Crippen molar-refractivity contribution in [2.75, 3.05) is 29.2 Å². The fraction of sp³-hybridized carbons (Fsp3) is 0.238. The summed E-state index contributed by atoms with van der Waals surface area (Å²) in [5, 5.41) is 5.38. The second-order valence-corrected chi connectivity index (χ2v) is 6.24. The van der Waals surface area contributed by atoms with Gasteiger partial charge in [0.1, 0.15) is 0 Å². The van der Waals surface area contributed by atoms with Gasteiger partial charge in [-0.2, -0.15) is 0 Å². The van der Waals surface area contributed by atoms with E-state index in [1.54, 1.807) is 48.5 Å². The third kappa shape index (κ3) is 6.17. The zero-order valence-corrected chi connectivity index (χ0v) is 16.5. The molecular weight excluding hydrogens is 374 g/mol. The van der Waals surface area contributed by atoms with Gasteiger partial charge in [0, 0.05) is 38.2 Å². The summed E-state index contributed by atoms with van der Waals surface area (Å²) < 4.78 is 4.76. The van der Waals surface area contributed by atoms with E-state index in [-0.39, 0.29) is 36.3 Å². The molecule has 0 aliphatic carbocycles. The summed E-state index contributed by atoms with van der Waals surface area (Å²) >= 11 is 0. The van der Waals surface area contributed by atoms with E-state index in [2.05, 4.69) is 10.6 Å². The summed E-state index contributed by atoms with van der Waals surface area (Å²) in [7, 11) is 1.27. The van der Waals surface area contributed by atoms with Crippen molar-refractivity contribution in [3.63, 3.8) is 0 Å². The van der Waals surface area contributed by atoms with Gasteiger partial charge in [-0.15, -0.1) is 0 Å². The van der Waals surface area contributed by atoms with Gasteiger partial charge in [0.15, 0.2) is 0 Å². The Morgan fingerprint density at radius 3 is 2.03 bits per heavy atom. The summed E-state index contributed by atoms with van der Waals surface area (Å²) in [5.74, 6) is -1.33. The van der Waals surface area contributed by atoms with Gasteiger partial charge in [-0.25, -0.2) is 4.79 Å². The third-order valence-electron chi connectivity index (χ3n) is 4.03. The number of hydrogen-bond acceptors (Lipinski definition) is 5. The van der Waals surface area contributed by atoms with Crippen molar-refractivity contribution in [2.24, 2.45) is 0 Å². The molecule has 8 nitrogen and oxygen atoms in total. The van der Waals surface area contributed by atoms with Crippen LogP contribution in [0.3, 0.4) is 0 Å². The van der Waals surface area contributed by atoms with Gasteiger partial charge in [0.25, 0.3) is 0 Å². The number of amides is 3. The van der Waals surface area contributed by atoms with E-state index < -0.39 is 5.97 Å². The Hall–Kier alpha value is -3.68. The number of carbonyl (C=O) groups is 4. The Bertz CT molecular complexity index is 909. The van der Waals surface area contributed by atoms with Crippen LogP contribution in [0.25, 0.3) is 0 Å². The van der Waals surface area contributed by atoms with Crippen molar-refractivity contribution >= 4 is 40.8 Å². The molecule has 0 unspecified atom stereocenters. The lowest BCUT2D eigenvalue weighted by molar-refractivity contribution is -0.117. The molecule has 0 bridgehead atoms. The highest BCUT2D eigenvalue weighted by Gasteiger charge is 2.20. The van der Waals surface area contributed by atoms with E-state index in [9.17, 15) is 19.2 Å². The molecule has 0 saturated carbocycles. The quantitative estimate of drug-likeness (QED) is 0.699. The minimum atomic E-state index is -0.560. The summed E-state index contributed by atoms with van der Waals surface area (Å²) in [6, 6.07) is 13.2. The Kier molecular flexibility index (Phi) is 7.47. The van der Waals surface area contributed by atoms with Crippen LogP contribution in [-0.2, 0) is 19.1 Å². The van der Waals surface area contributed by atoms with Crippen LogP contribution < -0.4 is 15.5 Å². The van der Waals surface area contributed by atoms with Crippen molar-refractivity contribution in [3.8, 4) is 0 Å². The van der Waals surface area contributed by atoms with E-state index in [0.29, 0.717) is 17.1 Å². The van der Waals surface area contributed by atoms with Gasteiger partial charge in [-0.1, -0.05) is 12.1 Å². The first-order chi connectivity index (χ1) is 13.8. The van der Waals surface area contributed by atoms with Crippen molar-refractivity contribution < 1.29 is 23.9 Å². The molecule has 2 N–H and O–H groups in total. The van der Waals surface area contributed by atoms with Crippen LogP contribution in [0.4, 0.5) is 17.1 Å². The molecule has 0 fully saturated rings. The molecule has 0 aliphatic rings. The molecule has 0 heterocycles. The molecular formula is C21H23N3O5. The fourth-order valence-electron chi connectivity index (χ4n) is 2.72. The number of nitrogens with one attached hydrogen (secondary N) is 2. The molecule has 2 rings (SSSR count). The first-order valence-corrected chi connectivity index (χ1v) is 8.94. The Balaban J connectivity index is 2.04. The average Bonchev–Trinajstić information content (AvgIpc) is 2.68. The van der Waals surface area contributed by atoms with Gasteiger partial charge >= 0.3 is 5.97 Å². The number of nitrogens with zero attached hydrogens (tertiary/aromatic N) is 1. The largest absolute Gasteiger partial charge is 0.465 e. The van der Waals surface area contributed by atoms with Crippen molar-refractivity contribution in [1.29, 1.82) is 0 Å². The average molecular weight is 397 g/mol. The Labute approximate surface area is 168 Å². The van der Waals surface area contributed by atoms with E-state index in [0.717, 1.165) is 0 Å². The number of para-hydroxylation sites is 1. The van der Waals surface area contributed by atoms with E-state index in [1.165, 1.54) is 25.9 Å². The van der Waals surface area contributed by atoms with Crippen molar-refractivity contribution in [1.82, 2.24) is 0 Å². The molecule has 3 amide bonds. The standard InChI is InChI=1S/C21H23N3O5/c1-14(25)22-16-8-10-17(11-9-16)23-20(27)12-13-24(15(2)26)19-7-5-4-6-18(19)21(28)29-3/h4-11H,12-13H2,1-3H3,(H,22,25)(H,23,27). The van der Waals surface area contributed by atoms with Crippen molar-refractivity contribution in [3.05, 3.63) is 54.1 Å². The maximum atomic E-state index is 12.3. The topological polar surface area (TPSA) is 105 Å². The van der Waals surface area contributed by atoms with Crippen LogP contribution in [-0.4, -0.2) is 37.3 Å². The number of esters is 1. The lowest BCUT2D eigenvalue weighted by Gasteiger charge is -2.23. The molecule has 0 radical (unpaired) electrons. The first kappa shape index (κ1) is 21.6. The zero-order valence-electron chi connectivity index (χ0n) is 16.5. The molecule has 0 saturated heterocycles. The maximum Gasteiger partial charge on any atom is 0.339 e. The smallest absolute Gasteiger partial charge is 0.339 e. The molecule has 0 aromatic heterocycles. The van der Waals surface area contributed by atoms with Gasteiger partial charge in [-0.05, 0) is 36.4 Å².